The Kier molecular flexibility index (Phi) is 7.11. The van der Waals surface area contributed by atoms with Crippen LogP contribution in [-0.2, 0) is 26.7 Å². The first-order valence-corrected chi connectivity index (χ1v) is 12.5. The normalized spacial score (nSPS) is 16.2. The standard InChI is InChI=1S/C21H24ClN5O5S/c1-30-16-4-3-5-17(31-2)20(16)27-19(25-26-21(27)14-6-8-32-12-14)13-33(28,29)9-7-18-23-10-15(22)11-24-18/h3-5,10-11,14H,6-9,12-13H2,1-2H3/t14-/m0/s1. The number of halogens is 1. The summed E-state index contributed by atoms with van der Waals surface area (Å²) in [4.78, 5) is 8.14. The number of benzene rings is 1. The highest BCUT2D eigenvalue weighted by atomic mass is 35.5. The molecule has 0 saturated carbocycles. The number of hydrogen-bond donors (Lipinski definition) is 0. The molecule has 0 unspecified atom stereocenters. The zero-order valence-corrected chi connectivity index (χ0v) is 19.8. The van der Waals surface area contributed by atoms with Gasteiger partial charge in [0.05, 0.1) is 31.6 Å². The van der Waals surface area contributed by atoms with Gasteiger partial charge in [-0.25, -0.2) is 18.4 Å². The fourth-order valence-corrected chi connectivity index (χ4v) is 5.02. The number of para-hydroxylation sites is 1. The van der Waals surface area contributed by atoms with Crippen LogP contribution >= 0.6 is 11.6 Å². The number of sulfone groups is 1. The number of rotatable bonds is 9. The van der Waals surface area contributed by atoms with Crippen LogP contribution in [0.4, 0.5) is 0 Å². The maximum atomic E-state index is 13.0. The highest BCUT2D eigenvalue weighted by molar-refractivity contribution is 7.90. The summed E-state index contributed by atoms with van der Waals surface area (Å²) < 4.78 is 44.4. The van der Waals surface area contributed by atoms with Crippen LogP contribution in [-0.4, -0.2) is 66.3 Å². The predicted octanol–water partition coefficient (Wildman–Crippen LogP) is 2.39. The van der Waals surface area contributed by atoms with Gasteiger partial charge in [0.25, 0.3) is 0 Å². The monoisotopic (exact) mass is 493 g/mol. The Balaban J connectivity index is 1.70. The van der Waals surface area contributed by atoms with E-state index in [1.807, 2.05) is 0 Å². The molecular formula is C21H24ClN5O5S. The summed E-state index contributed by atoms with van der Waals surface area (Å²) in [6, 6.07) is 5.36. The van der Waals surface area contributed by atoms with Gasteiger partial charge >= 0.3 is 0 Å². The molecule has 1 fully saturated rings. The molecule has 4 rings (SSSR count). The summed E-state index contributed by atoms with van der Waals surface area (Å²) in [5, 5.41) is 9.01. The van der Waals surface area contributed by atoms with Crippen LogP contribution in [0.15, 0.2) is 30.6 Å². The van der Waals surface area contributed by atoms with Gasteiger partial charge < -0.3 is 14.2 Å². The minimum absolute atomic E-state index is 0.0222. The lowest BCUT2D eigenvalue weighted by Gasteiger charge is -2.18. The van der Waals surface area contributed by atoms with Crippen molar-refractivity contribution in [3.63, 3.8) is 0 Å². The van der Waals surface area contributed by atoms with E-state index in [0.717, 1.165) is 6.42 Å². The van der Waals surface area contributed by atoms with E-state index >= 15 is 0 Å². The Hall–Kier alpha value is -2.76. The predicted molar refractivity (Wildman–Crippen MR) is 121 cm³/mol. The van der Waals surface area contributed by atoms with Gasteiger partial charge in [-0.1, -0.05) is 17.7 Å². The SMILES string of the molecule is COc1cccc(OC)c1-n1c(CS(=O)(=O)CCc2ncc(Cl)cn2)nnc1[C@H]1CCOC1. The van der Waals surface area contributed by atoms with E-state index in [4.69, 9.17) is 25.8 Å². The largest absolute Gasteiger partial charge is 0.494 e. The molecular weight excluding hydrogens is 470 g/mol. The maximum absolute atomic E-state index is 13.0. The molecule has 3 aromatic rings. The first-order valence-electron chi connectivity index (χ1n) is 10.3. The Labute approximate surface area is 196 Å². The summed E-state index contributed by atoms with van der Waals surface area (Å²) in [7, 11) is -0.482. The second-order valence-electron chi connectivity index (χ2n) is 7.54. The summed E-state index contributed by atoms with van der Waals surface area (Å²) in [6.07, 6.45) is 3.80. The number of methoxy groups -OCH3 is 2. The molecule has 1 atom stereocenters. The molecule has 176 valence electrons. The fourth-order valence-electron chi connectivity index (χ4n) is 3.71. The second kappa shape index (κ2) is 10.0. The second-order valence-corrected chi connectivity index (χ2v) is 10.2. The molecule has 1 aliphatic heterocycles. The number of aryl methyl sites for hydroxylation is 1. The summed E-state index contributed by atoms with van der Waals surface area (Å²) in [5.74, 6) is 1.84. The third-order valence-electron chi connectivity index (χ3n) is 5.33. The van der Waals surface area contributed by atoms with Crippen molar-refractivity contribution < 1.29 is 22.6 Å². The summed E-state index contributed by atoms with van der Waals surface area (Å²) in [5.41, 5.74) is 0.556. The maximum Gasteiger partial charge on any atom is 0.158 e. The van der Waals surface area contributed by atoms with Crippen LogP contribution in [0.1, 0.15) is 29.8 Å². The van der Waals surface area contributed by atoms with E-state index in [-0.39, 0.29) is 29.7 Å². The molecule has 1 saturated heterocycles. The minimum atomic E-state index is -3.57. The molecule has 12 heteroatoms. The van der Waals surface area contributed by atoms with Crippen LogP contribution in [0.25, 0.3) is 5.69 Å². The van der Waals surface area contributed by atoms with Crippen molar-refractivity contribution in [1.82, 2.24) is 24.7 Å². The van der Waals surface area contributed by atoms with Crippen molar-refractivity contribution in [3.8, 4) is 17.2 Å². The first kappa shape index (κ1) is 23.4. The number of nitrogens with zero attached hydrogens (tertiary/aromatic N) is 5. The van der Waals surface area contributed by atoms with Gasteiger partial charge in [0.2, 0.25) is 0 Å². The molecule has 1 aliphatic rings. The van der Waals surface area contributed by atoms with Crippen LogP contribution < -0.4 is 9.47 Å². The molecule has 3 heterocycles. The lowest BCUT2D eigenvalue weighted by Crippen LogP contribution is -2.18. The van der Waals surface area contributed by atoms with Gasteiger partial charge in [0.15, 0.2) is 15.7 Å². The number of ether oxygens (including phenoxy) is 3. The zero-order valence-electron chi connectivity index (χ0n) is 18.3. The third-order valence-corrected chi connectivity index (χ3v) is 7.05. The van der Waals surface area contributed by atoms with E-state index in [1.54, 1.807) is 37.0 Å². The average molecular weight is 494 g/mol. The number of aromatic nitrogens is 5. The molecule has 1 aromatic carbocycles. The van der Waals surface area contributed by atoms with Gasteiger partial charge in [0.1, 0.15) is 34.6 Å². The van der Waals surface area contributed by atoms with Crippen LogP contribution in [0.2, 0.25) is 5.02 Å². The Morgan fingerprint density at radius 2 is 1.85 bits per heavy atom. The highest BCUT2D eigenvalue weighted by Gasteiger charge is 2.30. The Bertz CT molecular complexity index is 1190. The van der Waals surface area contributed by atoms with Crippen molar-refractivity contribution in [2.24, 2.45) is 0 Å². The molecule has 0 N–H and O–H groups in total. The molecule has 0 spiro atoms. The minimum Gasteiger partial charge on any atom is -0.494 e. The van der Waals surface area contributed by atoms with Crippen molar-refractivity contribution >= 4 is 21.4 Å². The summed E-state index contributed by atoms with van der Waals surface area (Å²) in [6.45, 7) is 1.09. The molecule has 0 radical (unpaired) electrons. The van der Waals surface area contributed by atoms with E-state index in [0.29, 0.717) is 47.1 Å². The molecule has 0 amide bonds. The highest BCUT2D eigenvalue weighted by Crippen LogP contribution is 2.37. The third kappa shape index (κ3) is 5.26. The zero-order chi connectivity index (χ0) is 23.4. The summed E-state index contributed by atoms with van der Waals surface area (Å²) >= 11 is 5.80. The number of hydrogen-bond acceptors (Lipinski definition) is 9. The van der Waals surface area contributed by atoms with Crippen molar-refractivity contribution in [2.45, 2.75) is 24.5 Å². The molecule has 0 aliphatic carbocycles. The molecule has 33 heavy (non-hydrogen) atoms. The van der Waals surface area contributed by atoms with Crippen LogP contribution in [0.3, 0.4) is 0 Å². The van der Waals surface area contributed by atoms with Crippen LogP contribution in [0.5, 0.6) is 11.5 Å². The lowest BCUT2D eigenvalue weighted by molar-refractivity contribution is 0.193. The fraction of sp³-hybridized carbons (Fsp3) is 0.429. The van der Waals surface area contributed by atoms with E-state index in [9.17, 15) is 8.42 Å². The average Bonchev–Trinajstić information content (AvgIpc) is 3.48. The van der Waals surface area contributed by atoms with E-state index in [2.05, 4.69) is 20.2 Å². The van der Waals surface area contributed by atoms with Gasteiger partial charge in [-0.15, -0.1) is 10.2 Å². The van der Waals surface area contributed by atoms with Gasteiger partial charge in [-0.2, -0.15) is 0 Å². The molecule has 0 bridgehead atoms. The Morgan fingerprint density at radius 1 is 1.15 bits per heavy atom. The molecule has 10 nitrogen and oxygen atoms in total. The van der Waals surface area contributed by atoms with Gasteiger partial charge in [0, 0.05) is 31.3 Å². The van der Waals surface area contributed by atoms with Crippen LogP contribution in [0, 0.1) is 0 Å². The van der Waals surface area contributed by atoms with Gasteiger partial charge in [-0.3, -0.25) is 4.57 Å². The van der Waals surface area contributed by atoms with Gasteiger partial charge in [-0.05, 0) is 18.6 Å². The Morgan fingerprint density at radius 3 is 2.45 bits per heavy atom. The van der Waals surface area contributed by atoms with Crippen molar-refractivity contribution in [2.75, 3.05) is 33.2 Å². The first-order chi connectivity index (χ1) is 15.9. The van der Waals surface area contributed by atoms with Crippen molar-refractivity contribution in [1.29, 1.82) is 0 Å². The quantitative estimate of drug-likeness (QED) is 0.442. The van der Waals surface area contributed by atoms with E-state index in [1.165, 1.54) is 12.4 Å². The molecule has 2 aromatic heterocycles. The van der Waals surface area contributed by atoms with E-state index < -0.39 is 9.84 Å². The van der Waals surface area contributed by atoms with Crippen molar-refractivity contribution in [3.05, 3.63) is 53.1 Å². The lowest BCUT2D eigenvalue weighted by atomic mass is 10.1. The smallest absolute Gasteiger partial charge is 0.158 e. The topological polar surface area (TPSA) is 118 Å².